The smallest absolute Gasteiger partial charge is 0.255 e. The minimum atomic E-state index is -3.61. The second-order valence-electron chi connectivity index (χ2n) is 6.98. The average molecular weight is 425 g/mol. The molecule has 1 amide bonds. The second-order valence-corrected chi connectivity index (χ2v) is 8.69. The van der Waals surface area contributed by atoms with Gasteiger partial charge in [-0.15, -0.1) is 0 Å². The number of hydrogen-bond donors (Lipinski definition) is 2. The van der Waals surface area contributed by atoms with Crippen LogP contribution < -0.4 is 10.0 Å². The predicted molar refractivity (Wildman–Crippen MR) is 117 cm³/mol. The number of amides is 1. The number of benzene rings is 2. The maximum absolute atomic E-state index is 12.6. The molecule has 30 heavy (non-hydrogen) atoms. The summed E-state index contributed by atoms with van der Waals surface area (Å²) < 4.78 is 27.3. The molecule has 1 aromatic heterocycles. The first-order chi connectivity index (χ1) is 14.3. The molecule has 0 spiro atoms. The largest absolute Gasteiger partial charge is 0.322 e. The van der Waals surface area contributed by atoms with Gasteiger partial charge < -0.3 is 5.32 Å². The fourth-order valence-electron chi connectivity index (χ4n) is 2.78. The van der Waals surface area contributed by atoms with Gasteiger partial charge in [0, 0.05) is 29.1 Å². The third-order valence-electron chi connectivity index (χ3n) is 4.59. The maximum atomic E-state index is 12.6. The highest BCUT2D eigenvalue weighted by atomic mass is 32.2. The molecule has 0 saturated heterocycles. The van der Waals surface area contributed by atoms with Gasteiger partial charge in [-0.25, -0.2) is 23.1 Å². The molecule has 0 unspecified atom stereocenters. The maximum Gasteiger partial charge on any atom is 0.255 e. The van der Waals surface area contributed by atoms with E-state index in [1.54, 1.807) is 25.3 Å². The number of nitrogens with one attached hydrogen (secondary N) is 2. The zero-order chi connectivity index (χ0) is 21.7. The zero-order valence-electron chi connectivity index (χ0n) is 17.1. The quantitative estimate of drug-likeness (QED) is 0.601. The van der Waals surface area contributed by atoms with Crippen molar-refractivity contribution in [1.29, 1.82) is 0 Å². The molecule has 0 aliphatic carbocycles. The van der Waals surface area contributed by atoms with Crippen molar-refractivity contribution < 1.29 is 13.2 Å². The van der Waals surface area contributed by atoms with E-state index in [2.05, 4.69) is 20.0 Å². The predicted octanol–water partition coefficient (Wildman–Crippen LogP) is 3.78. The molecular weight excluding hydrogens is 400 g/mol. The van der Waals surface area contributed by atoms with E-state index >= 15 is 0 Å². The van der Waals surface area contributed by atoms with Crippen LogP contribution in [0.5, 0.6) is 0 Å². The van der Waals surface area contributed by atoms with Crippen molar-refractivity contribution in [2.75, 3.05) is 5.32 Å². The van der Waals surface area contributed by atoms with Crippen LogP contribution >= 0.6 is 0 Å². The first kappa shape index (κ1) is 21.6. The van der Waals surface area contributed by atoms with Gasteiger partial charge in [0.15, 0.2) is 0 Å². The van der Waals surface area contributed by atoms with Crippen molar-refractivity contribution in [2.45, 2.75) is 38.1 Å². The van der Waals surface area contributed by atoms with Gasteiger partial charge in [-0.3, -0.25) is 4.79 Å². The van der Waals surface area contributed by atoms with Crippen LogP contribution in [-0.2, 0) is 10.0 Å². The highest BCUT2D eigenvalue weighted by Gasteiger charge is 2.17. The fourth-order valence-corrected chi connectivity index (χ4v) is 4.11. The van der Waals surface area contributed by atoms with Crippen LogP contribution in [0.25, 0.3) is 11.3 Å². The summed E-state index contributed by atoms with van der Waals surface area (Å²) in [4.78, 5) is 21.2. The van der Waals surface area contributed by atoms with E-state index in [-0.39, 0.29) is 16.8 Å². The Bertz CT molecular complexity index is 1150. The molecule has 3 rings (SSSR count). The molecule has 2 aromatic carbocycles. The molecule has 0 aliphatic heterocycles. The van der Waals surface area contributed by atoms with Gasteiger partial charge >= 0.3 is 0 Å². The minimum absolute atomic E-state index is 0.125. The number of aryl methyl sites for hydroxylation is 1. The molecule has 0 saturated carbocycles. The monoisotopic (exact) mass is 424 g/mol. The molecule has 2 N–H and O–H groups in total. The molecule has 1 heterocycles. The molecule has 0 bridgehead atoms. The van der Waals surface area contributed by atoms with E-state index < -0.39 is 10.0 Å². The van der Waals surface area contributed by atoms with Gasteiger partial charge in [-0.2, -0.15) is 0 Å². The van der Waals surface area contributed by atoms with Crippen LogP contribution in [-0.4, -0.2) is 30.3 Å². The first-order valence-electron chi connectivity index (χ1n) is 9.62. The van der Waals surface area contributed by atoms with Crippen LogP contribution in [0.2, 0.25) is 0 Å². The molecule has 1 atom stereocenters. The van der Waals surface area contributed by atoms with Crippen molar-refractivity contribution in [2.24, 2.45) is 0 Å². The van der Waals surface area contributed by atoms with Crippen LogP contribution in [0.15, 0.2) is 65.7 Å². The van der Waals surface area contributed by atoms with Gasteiger partial charge in [0.25, 0.3) is 5.91 Å². The number of hydrogen-bond acceptors (Lipinski definition) is 5. The molecule has 0 radical (unpaired) electrons. The summed E-state index contributed by atoms with van der Waals surface area (Å²) in [6.07, 6.45) is 2.38. The van der Waals surface area contributed by atoms with Crippen LogP contribution in [0, 0.1) is 6.92 Å². The molecule has 156 valence electrons. The molecular formula is C22H24N4O3S. The minimum Gasteiger partial charge on any atom is -0.322 e. The summed E-state index contributed by atoms with van der Waals surface area (Å²) in [7, 11) is -3.61. The normalized spacial score (nSPS) is 12.4. The Labute approximate surface area is 176 Å². The summed E-state index contributed by atoms with van der Waals surface area (Å²) in [5.74, 6) is 0.338. The first-order valence-corrected chi connectivity index (χ1v) is 11.1. The van der Waals surface area contributed by atoms with E-state index in [1.807, 2.05) is 32.0 Å². The van der Waals surface area contributed by atoms with Gasteiger partial charge in [-0.1, -0.05) is 19.1 Å². The Morgan fingerprint density at radius 3 is 2.50 bits per heavy atom. The Kier molecular flexibility index (Phi) is 6.59. The van der Waals surface area contributed by atoms with Crippen LogP contribution in [0.1, 0.15) is 36.5 Å². The highest BCUT2D eigenvalue weighted by molar-refractivity contribution is 7.89. The van der Waals surface area contributed by atoms with Gasteiger partial charge in [-0.05, 0) is 62.7 Å². The lowest BCUT2D eigenvalue weighted by Crippen LogP contribution is -2.32. The number of carbonyl (C=O) groups is 1. The third-order valence-corrected chi connectivity index (χ3v) is 6.19. The van der Waals surface area contributed by atoms with Crippen molar-refractivity contribution in [3.63, 3.8) is 0 Å². The zero-order valence-corrected chi connectivity index (χ0v) is 17.9. The number of carbonyl (C=O) groups excluding carboxylic acids is 1. The number of nitrogens with zero attached hydrogens (tertiary/aromatic N) is 2. The third kappa shape index (κ3) is 5.28. The van der Waals surface area contributed by atoms with Gasteiger partial charge in [0.2, 0.25) is 10.0 Å². The van der Waals surface area contributed by atoms with Crippen molar-refractivity contribution in [3.8, 4) is 11.3 Å². The Balaban J connectivity index is 1.74. The SMILES string of the molecule is CC[C@H](C)NS(=O)(=O)c1ccc(C(=O)Nc2cccc(-c3ccnc(C)n3)c2)cc1. The fraction of sp³-hybridized carbons (Fsp3) is 0.227. The molecule has 3 aromatic rings. The summed E-state index contributed by atoms with van der Waals surface area (Å²) in [5.41, 5.74) is 2.60. The summed E-state index contributed by atoms with van der Waals surface area (Å²) in [6.45, 7) is 5.52. The lowest BCUT2D eigenvalue weighted by Gasteiger charge is -2.12. The van der Waals surface area contributed by atoms with E-state index in [4.69, 9.17) is 0 Å². The summed E-state index contributed by atoms with van der Waals surface area (Å²) >= 11 is 0. The van der Waals surface area contributed by atoms with E-state index in [0.717, 1.165) is 11.3 Å². The van der Waals surface area contributed by atoms with Crippen molar-refractivity contribution >= 4 is 21.6 Å². The topological polar surface area (TPSA) is 101 Å². The van der Waals surface area contributed by atoms with Crippen molar-refractivity contribution in [3.05, 3.63) is 72.2 Å². The Hall–Kier alpha value is -3.10. The van der Waals surface area contributed by atoms with E-state index in [0.29, 0.717) is 23.5 Å². The Morgan fingerprint density at radius 2 is 1.83 bits per heavy atom. The van der Waals surface area contributed by atoms with Crippen LogP contribution in [0.3, 0.4) is 0 Å². The highest BCUT2D eigenvalue weighted by Crippen LogP contribution is 2.21. The lowest BCUT2D eigenvalue weighted by atomic mass is 10.1. The van der Waals surface area contributed by atoms with Crippen molar-refractivity contribution in [1.82, 2.24) is 14.7 Å². The number of sulfonamides is 1. The number of aromatic nitrogens is 2. The average Bonchev–Trinajstić information content (AvgIpc) is 2.73. The molecule has 7 nitrogen and oxygen atoms in total. The van der Waals surface area contributed by atoms with Crippen LogP contribution in [0.4, 0.5) is 5.69 Å². The molecule has 0 aliphatic rings. The van der Waals surface area contributed by atoms with E-state index in [1.165, 1.54) is 24.3 Å². The molecule has 8 heteroatoms. The van der Waals surface area contributed by atoms with E-state index in [9.17, 15) is 13.2 Å². The van der Waals surface area contributed by atoms with Gasteiger partial charge in [0.05, 0.1) is 10.6 Å². The standard InChI is InChI=1S/C22H24N4O3S/c1-4-15(2)26-30(28,29)20-10-8-17(9-11-20)22(27)25-19-7-5-6-18(14-19)21-12-13-23-16(3)24-21/h5-15,26H,4H2,1-3H3,(H,25,27)/t15-/m0/s1. The van der Waals surface area contributed by atoms with Gasteiger partial charge in [0.1, 0.15) is 5.82 Å². The lowest BCUT2D eigenvalue weighted by molar-refractivity contribution is 0.102. The number of anilines is 1. The second kappa shape index (κ2) is 9.15. The summed E-state index contributed by atoms with van der Waals surface area (Å²) in [6, 6.07) is 14.8. The molecule has 0 fully saturated rings. The summed E-state index contributed by atoms with van der Waals surface area (Å²) in [5, 5.41) is 2.84. The Morgan fingerprint density at radius 1 is 1.10 bits per heavy atom. The number of rotatable bonds is 7.